The van der Waals surface area contributed by atoms with Crippen molar-refractivity contribution in [2.75, 3.05) is 45.0 Å². The third kappa shape index (κ3) is 4.54. The van der Waals surface area contributed by atoms with E-state index in [9.17, 15) is 16.8 Å². The molecule has 0 bridgehead atoms. The summed E-state index contributed by atoms with van der Waals surface area (Å²) in [6.45, 7) is 5.89. The highest BCUT2D eigenvalue weighted by molar-refractivity contribution is 7.90. The molecule has 1 aliphatic heterocycles. The smallest absolute Gasteiger partial charge is 0.243 e. The Morgan fingerprint density at radius 2 is 1.67 bits per heavy atom. The van der Waals surface area contributed by atoms with Crippen molar-refractivity contribution in [3.05, 3.63) is 29.8 Å². The Kier molecular flexibility index (Phi) is 6.38. The molecule has 1 saturated heterocycles. The molecule has 0 radical (unpaired) electrons. The summed E-state index contributed by atoms with van der Waals surface area (Å²) in [6, 6.07) is 6.58. The van der Waals surface area contributed by atoms with Gasteiger partial charge in [-0.3, -0.25) is 0 Å². The van der Waals surface area contributed by atoms with E-state index in [2.05, 4.69) is 5.32 Å². The molecule has 0 atom stereocenters. The lowest BCUT2D eigenvalue weighted by Gasteiger charge is -2.28. The first-order valence-corrected chi connectivity index (χ1v) is 11.1. The highest BCUT2D eigenvalue weighted by atomic mass is 32.2. The Balaban J connectivity index is 2.09. The fourth-order valence-electron chi connectivity index (χ4n) is 2.58. The zero-order chi connectivity index (χ0) is 17.8. The van der Waals surface area contributed by atoms with Crippen LogP contribution in [0.3, 0.4) is 0 Å². The van der Waals surface area contributed by atoms with E-state index in [-0.39, 0.29) is 23.7 Å². The summed E-state index contributed by atoms with van der Waals surface area (Å²) in [5, 5.41) is 3.10. The van der Waals surface area contributed by atoms with Crippen LogP contribution in [0, 0.1) is 6.92 Å². The summed E-state index contributed by atoms with van der Waals surface area (Å²) in [7, 11) is -7.13. The quantitative estimate of drug-likeness (QED) is 0.738. The molecule has 1 fully saturated rings. The average Bonchev–Trinajstić information content (AvgIpc) is 2.56. The molecule has 136 valence electrons. The lowest BCUT2D eigenvalue weighted by molar-refractivity contribution is 0.357. The van der Waals surface area contributed by atoms with Crippen LogP contribution in [0.4, 0.5) is 0 Å². The minimum Gasteiger partial charge on any atom is -0.314 e. The molecule has 1 aromatic carbocycles. The standard InChI is InChI=1S/C15H25N3O4S2/c1-3-17(24(21,22)15-6-4-14(2)5-7-15)12-13-23(19,20)18-10-8-16-9-11-18/h4-7,16H,3,8-13H2,1-2H3. The van der Waals surface area contributed by atoms with E-state index >= 15 is 0 Å². The van der Waals surface area contributed by atoms with Crippen molar-refractivity contribution < 1.29 is 16.8 Å². The summed E-state index contributed by atoms with van der Waals surface area (Å²) in [5.74, 6) is -0.202. The molecule has 0 amide bonds. The van der Waals surface area contributed by atoms with Crippen LogP contribution in [0.2, 0.25) is 0 Å². The number of nitrogens with zero attached hydrogens (tertiary/aromatic N) is 2. The zero-order valence-corrected chi connectivity index (χ0v) is 15.7. The fourth-order valence-corrected chi connectivity index (χ4v) is 5.59. The minimum atomic E-state index is -3.68. The maximum Gasteiger partial charge on any atom is 0.243 e. The second kappa shape index (κ2) is 7.92. The van der Waals surface area contributed by atoms with Crippen LogP contribution in [-0.4, -0.2) is 70.5 Å². The molecule has 24 heavy (non-hydrogen) atoms. The predicted octanol–water partition coefficient (Wildman–Crippen LogP) is 0.241. The van der Waals surface area contributed by atoms with Gasteiger partial charge in [-0.2, -0.15) is 8.61 Å². The minimum absolute atomic E-state index is 0.0427. The molecule has 1 aromatic rings. The second-order valence-electron chi connectivity index (χ2n) is 5.77. The largest absolute Gasteiger partial charge is 0.314 e. The van der Waals surface area contributed by atoms with Gasteiger partial charge in [-0.15, -0.1) is 0 Å². The molecule has 0 aromatic heterocycles. The van der Waals surface area contributed by atoms with Gasteiger partial charge in [0.25, 0.3) is 0 Å². The Morgan fingerprint density at radius 1 is 1.08 bits per heavy atom. The first-order valence-electron chi connectivity index (χ1n) is 8.03. The topological polar surface area (TPSA) is 86.8 Å². The van der Waals surface area contributed by atoms with E-state index < -0.39 is 20.0 Å². The lowest BCUT2D eigenvalue weighted by atomic mass is 10.2. The first-order chi connectivity index (χ1) is 11.3. The number of benzene rings is 1. The van der Waals surface area contributed by atoms with Crippen LogP contribution >= 0.6 is 0 Å². The number of rotatable bonds is 7. The normalized spacial score (nSPS) is 17.3. The van der Waals surface area contributed by atoms with E-state index in [0.717, 1.165) is 5.56 Å². The average molecular weight is 376 g/mol. The van der Waals surface area contributed by atoms with Gasteiger partial charge in [-0.25, -0.2) is 16.8 Å². The summed E-state index contributed by atoms with van der Waals surface area (Å²) in [6.07, 6.45) is 0. The van der Waals surface area contributed by atoms with Crippen molar-refractivity contribution in [2.24, 2.45) is 0 Å². The van der Waals surface area contributed by atoms with Crippen LogP contribution in [0.1, 0.15) is 12.5 Å². The number of hydrogen-bond donors (Lipinski definition) is 1. The third-order valence-corrected chi connectivity index (χ3v) is 7.92. The van der Waals surface area contributed by atoms with Crippen LogP contribution in [-0.2, 0) is 20.0 Å². The van der Waals surface area contributed by atoms with Gasteiger partial charge in [-0.1, -0.05) is 24.6 Å². The third-order valence-electron chi connectivity index (χ3n) is 4.08. The maximum absolute atomic E-state index is 12.7. The molecule has 0 unspecified atom stereocenters. The van der Waals surface area contributed by atoms with Crippen molar-refractivity contribution in [1.29, 1.82) is 0 Å². The molecule has 9 heteroatoms. The fraction of sp³-hybridized carbons (Fsp3) is 0.600. The summed E-state index contributed by atoms with van der Waals surface area (Å²) >= 11 is 0. The van der Waals surface area contributed by atoms with Crippen molar-refractivity contribution in [3.63, 3.8) is 0 Å². The van der Waals surface area contributed by atoms with Gasteiger partial charge in [-0.05, 0) is 19.1 Å². The van der Waals surface area contributed by atoms with Gasteiger partial charge >= 0.3 is 0 Å². The summed E-state index contributed by atoms with van der Waals surface area (Å²) in [5.41, 5.74) is 0.971. The maximum atomic E-state index is 12.7. The van der Waals surface area contributed by atoms with Crippen LogP contribution in [0.25, 0.3) is 0 Å². The molecule has 7 nitrogen and oxygen atoms in total. The lowest BCUT2D eigenvalue weighted by Crippen LogP contribution is -2.48. The molecule has 1 N–H and O–H groups in total. The Morgan fingerprint density at radius 3 is 2.21 bits per heavy atom. The van der Waals surface area contributed by atoms with Gasteiger partial charge in [0.05, 0.1) is 10.6 Å². The molecule has 0 aliphatic carbocycles. The molecule has 0 spiro atoms. The summed E-state index contributed by atoms with van der Waals surface area (Å²) in [4.78, 5) is 0.189. The van der Waals surface area contributed by atoms with Crippen molar-refractivity contribution in [2.45, 2.75) is 18.7 Å². The Bertz CT molecular complexity index is 739. The van der Waals surface area contributed by atoms with Crippen LogP contribution < -0.4 is 5.32 Å². The van der Waals surface area contributed by atoms with E-state index in [1.54, 1.807) is 31.2 Å². The van der Waals surface area contributed by atoms with E-state index in [1.165, 1.54) is 8.61 Å². The van der Waals surface area contributed by atoms with Crippen molar-refractivity contribution in [3.8, 4) is 0 Å². The van der Waals surface area contributed by atoms with Gasteiger partial charge in [0, 0.05) is 39.3 Å². The Hall–Kier alpha value is -1.00. The number of aryl methyl sites for hydroxylation is 1. The SMILES string of the molecule is CCN(CCS(=O)(=O)N1CCNCC1)S(=O)(=O)c1ccc(C)cc1. The van der Waals surface area contributed by atoms with Crippen LogP contribution in [0.15, 0.2) is 29.2 Å². The van der Waals surface area contributed by atoms with Gasteiger partial charge in [0.1, 0.15) is 0 Å². The molecule has 1 aliphatic rings. The molecule has 0 saturated carbocycles. The monoisotopic (exact) mass is 375 g/mol. The van der Waals surface area contributed by atoms with E-state index in [1.807, 2.05) is 6.92 Å². The van der Waals surface area contributed by atoms with Crippen LogP contribution in [0.5, 0.6) is 0 Å². The van der Waals surface area contributed by atoms with Gasteiger partial charge in [0.2, 0.25) is 20.0 Å². The molecule has 1 heterocycles. The highest BCUT2D eigenvalue weighted by Gasteiger charge is 2.28. The van der Waals surface area contributed by atoms with Gasteiger partial charge in [0.15, 0.2) is 0 Å². The second-order valence-corrected chi connectivity index (χ2v) is 9.80. The highest BCUT2D eigenvalue weighted by Crippen LogP contribution is 2.16. The van der Waals surface area contributed by atoms with Crippen molar-refractivity contribution >= 4 is 20.0 Å². The van der Waals surface area contributed by atoms with E-state index in [0.29, 0.717) is 26.2 Å². The number of nitrogens with one attached hydrogen (secondary N) is 1. The number of sulfonamides is 2. The molecular weight excluding hydrogens is 350 g/mol. The number of hydrogen-bond acceptors (Lipinski definition) is 5. The predicted molar refractivity (Wildman–Crippen MR) is 93.8 cm³/mol. The molecular formula is C15H25N3O4S2. The van der Waals surface area contributed by atoms with E-state index in [4.69, 9.17) is 0 Å². The first kappa shape index (κ1) is 19.3. The summed E-state index contributed by atoms with van der Waals surface area (Å²) < 4.78 is 52.8. The number of piperazine rings is 1. The Labute approximate surface area is 144 Å². The zero-order valence-electron chi connectivity index (χ0n) is 14.1. The van der Waals surface area contributed by atoms with Crippen molar-refractivity contribution in [1.82, 2.24) is 13.9 Å². The van der Waals surface area contributed by atoms with Gasteiger partial charge < -0.3 is 5.32 Å². The molecule has 2 rings (SSSR count).